The average Bonchev–Trinajstić information content (AvgIpc) is 3.52. The summed E-state index contributed by atoms with van der Waals surface area (Å²) in [7, 11) is 2.76. The van der Waals surface area contributed by atoms with Crippen LogP contribution in [0.15, 0.2) is 42.5 Å². The van der Waals surface area contributed by atoms with E-state index in [9.17, 15) is 19.2 Å². The second-order valence-corrected chi connectivity index (χ2v) is 8.94. The maximum Gasteiger partial charge on any atom is 0.307 e. The van der Waals surface area contributed by atoms with Gasteiger partial charge in [0.15, 0.2) is 23.4 Å². The van der Waals surface area contributed by atoms with Crippen LogP contribution in [-0.4, -0.2) is 48.8 Å². The Bertz CT molecular complexity index is 1150. The summed E-state index contributed by atoms with van der Waals surface area (Å²) in [6.07, 6.45) is 1.93. The zero-order valence-electron chi connectivity index (χ0n) is 19.0. The van der Waals surface area contributed by atoms with Crippen LogP contribution in [0.1, 0.15) is 58.0 Å². The van der Waals surface area contributed by atoms with Crippen LogP contribution in [0.25, 0.3) is 0 Å². The van der Waals surface area contributed by atoms with Crippen molar-refractivity contribution in [1.29, 1.82) is 0 Å². The topological polar surface area (TPSA) is 99.2 Å². The van der Waals surface area contributed by atoms with Crippen LogP contribution in [-0.2, 0) is 14.3 Å². The Hall–Kier alpha value is -3.68. The lowest BCUT2D eigenvalue weighted by Gasteiger charge is -2.27. The molecule has 4 unspecified atom stereocenters. The minimum absolute atomic E-state index is 0.0506. The molecule has 3 aliphatic rings. The number of carbonyl (C=O) groups excluding carboxylic acids is 4. The fourth-order valence-corrected chi connectivity index (χ4v) is 5.39. The van der Waals surface area contributed by atoms with Crippen molar-refractivity contribution in [3.05, 3.63) is 59.2 Å². The second kappa shape index (κ2) is 8.59. The number of esters is 1. The summed E-state index contributed by atoms with van der Waals surface area (Å²) < 4.78 is 16.5. The summed E-state index contributed by atoms with van der Waals surface area (Å²) in [4.78, 5) is 52.4. The van der Waals surface area contributed by atoms with Crippen LogP contribution in [0.5, 0.6) is 11.5 Å². The minimum atomic E-state index is -0.913. The van der Waals surface area contributed by atoms with Crippen molar-refractivity contribution in [2.75, 3.05) is 14.2 Å². The monoisotopic (exact) mass is 463 g/mol. The number of methoxy groups -OCH3 is 2. The van der Waals surface area contributed by atoms with Crippen molar-refractivity contribution >= 4 is 23.6 Å². The summed E-state index contributed by atoms with van der Waals surface area (Å²) in [5.74, 6) is -0.413. The van der Waals surface area contributed by atoms with Crippen molar-refractivity contribution in [3.8, 4) is 11.5 Å². The van der Waals surface area contributed by atoms with E-state index >= 15 is 0 Å². The Morgan fingerprint density at radius 3 is 2.29 bits per heavy atom. The molecule has 176 valence electrons. The van der Waals surface area contributed by atoms with Gasteiger partial charge in [0.25, 0.3) is 11.8 Å². The molecule has 1 aliphatic heterocycles. The molecule has 2 amide bonds. The first-order valence-corrected chi connectivity index (χ1v) is 11.3. The highest BCUT2D eigenvalue weighted by Crippen LogP contribution is 2.45. The number of benzene rings is 2. The highest BCUT2D eigenvalue weighted by molar-refractivity contribution is 6.21. The number of ether oxygens (including phenoxy) is 3. The summed E-state index contributed by atoms with van der Waals surface area (Å²) in [5, 5.41) is 0. The molecule has 0 spiro atoms. The highest BCUT2D eigenvalue weighted by atomic mass is 16.5. The first-order chi connectivity index (χ1) is 16.4. The van der Waals surface area contributed by atoms with Crippen LogP contribution in [0, 0.1) is 11.8 Å². The molecule has 8 heteroatoms. The van der Waals surface area contributed by atoms with Crippen LogP contribution in [0.2, 0.25) is 0 Å². The summed E-state index contributed by atoms with van der Waals surface area (Å²) in [6, 6.07) is 10.6. The van der Waals surface area contributed by atoms with E-state index in [1.807, 2.05) is 0 Å². The summed E-state index contributed by atoms with van der Waals surface area (Å²) >= 11 is 0. The largest absolute Gasteiger partial charge is 0.493 e. The van der Waals surface area contributed by atoms with Crippen LogP contribution in [0.3, 0.4) is 0 Å². The molecule has 0 aromatic heterocycles. The molecular weight excluding hydrogens is 438 g/mol. The van der Waals surface area contributed by atoms with Gasteiger partial charge in [-0.2, -0.15) is 0 Å². The van der Waals surface area contributed by atoms with Crippen molar-refractivity contribution in [1.82, 2.24) is 4.90 Å². The van der Waals surface area contributed by atoms with E-state index in [1.165, 1.54) is 14.2 Å². The van der Waals surface area contributed by atoms with Gasteiger partial charge in [0.05, 0.1) is 37.8 Å². The second-order valence-electron chi connectivity index (χ2n) is 8.94. The smallest absolute Gasteiger partial charge is 0.307 e. The van der Waals surface area contributed by atoms with Crippen molar-refractivity contribution < 1.29 is 33.4 Å². The lowest BCUT2D eigenvalue weighted by Crippen LogP contribution is -2.36. The lowest BCUT2D eigenvalue weighted by atomic mass is 9.96. The van der Waals surface area contributed by atoms with Gasteiger partial charge in [0, 0.05) is 11.8 Å². The summed E-state index contributed by atoms with van der Waals surface area (Å²) in [5.41, 5.74) is 1.09. The molecule has 5 rings (SSSR count). The quantitative estimate of drug-likeness (QED) is 0.459. The van der Waals surface area contributed by atoms with Crippen molar-refractivity contribution in [2.45, 2.75) is 37.8 Å². The molecule has 34 heavy (non-hydrogen) atoms. The van der Waals surface area contributed by atoms with Gasteiger partial charge >= 0.3 is 5.97 Å². The van der Waals surface area contributed by atoms with Crippen molar-refractivity contribution in [2.24, 2.45) is 11.8 Å². The van der Waals surface area contributed by atoms with E-state index < -0.39 is 29.9 Å². The van der Waals surface area contributed by atoms with Gasteiger partial charge in [-0.25, -0.2) is 0 Å². The zero-order chi connectivity index (χ0) is 24.0. The van der Waals surface area contributed by atoms with Gasteiger partial charge in [0.1, 0.15) is 0 Å². The van der Waals surface area contributed by atoms with E-state index in [0.717, 1.165) is 24.2 Å². The Kier molecular flexibility index (Phi) is 5.59. The van der Waals surface area contributed by atoms with E-state index in [2.05, 4.69) is 0 Å². The number of nitrogens with zero attached hydrogens (tertiary/aromatic N) is 1. The minimum Gasteiger partial charge on any atom is -0.493 e. The third-order valence-corrected chi connectivity index (χ3v) is 7.14. The maximum atomic E-state index is 13.2. The normalized spacial score (nSPS) is 23.8. The molecule has 2 aromatic rings. The molecule has 0 saturated heterocycles. The van der Waals surface area contributed by atoms with Gasteiger partial charge in [-0.05, 0) is 49.1 Å². The molecule has 4 atom stereocenters. The van der Waals surface area contributed by atoms with E-state index in [-0.39, 0.29) is 24.0 Å². The molecule has 8 nitrogen and oxygen atoms in total. The lowest BCUT2D eigenvalue weighted by molar-refractivity contribution is -0.141. The fourth-order valence-electron chi connectivity index (χ4n) is 5.39. The van der Waals surface area contributed by atoms with Crippen LogP contribution in [0.4, 0.5) is 0 Å². The number of Topliss-reactive ketones (excluding diaryl/α,β-unsaturated/α-hetero) is 1. The highest BCUT2D eigenvalue weighted by Gasteiger charge is 2.48. The Labute approximate surface area is 196 Å². The van der Waals surface area contributed by atoms with Crippen LogP contribution < -0.4 is 9.47 Å². The van der Waals surface area contributed by atoms with Crippen molar-refractivity contribution in [3.63, 3.8) is 0 Å². The Morgan fingerprint density at radius 2 is 1.71 bits per heavy atom. The molecule has 2 fully saturated rings. The summed E-state index contributed by atoms with van der Waals surface area (Å²) in [6.45, 7) is 0. The number of hydrogen-bond acceptors (Lipinski definition) is 7. The number of ketones is 1. The number of carbonyl (C=O) groups is 4. The molecule has 2 saturated carbocycles. The van der Waals surface area contributed by atoms with Gasteiger partial charge in [-0.3, -0.25) is 24.1 Å². The zero-order valence-corrected chi connectivity index (χ0v) is 19.0. The maximum absolute atomic E-state index is 13.2. The number of rotatable bonds is 7. The average molecular weight is 463 g/mol. The van der Waals surface area contributed by atoms with E-state index in [4.69, 9.17) is 14.2 Å². The SMILES string of the molecule is COC(=O)CC(c1ccc(OC)c(OC2C(=O)C3CCC2C3)c1)N1C(=O)c2ccccc2C1=O. The molecular formula is C26H25NO7. The number of hydrogen-bond donors (Lipinski definition) is 0. The Balaban J connectivity index is 1.51. The standard InChI is InChI=1S/C26H25NO7/c1-32-20-10-9-14(12-21(20)34-24-16-8-7-15(11-16)23(24)29)19(13-22(28)33-2)27-25(30)17-5-3-4-6-18(17)26(27)31/h3-6,9-10,12,15-16,19,24H,7-8,11,13H2,1-2H3. The van der Waals surface area contributed by atoms with E-state index in [0.29, 0.717) is 28.2 Å². The molecule has 0 N–H and O–H groups in total. The first kappa shape index (κ1) is 22.1. The predicted molar refractivity (Wildman–Crippen MR) is 120 cm³/mol. The first-order valence-electron chi connectivity index (χ1n) is 11.3. The number of imide groups is 1. The third kappa shape index (κ3) is 3.54. The molecule has 2 aromatic carbocycles. The van der Waals surface area contributed by atoms with E-state index in [1.54, 1.807) is 42.5 Å². The molecule has 1 heterocycles. The van der Waals surface area contributed by atoms with Crippen LogP contribution >= 0.6 is 0 Å². The van der Waals surface area contributed by atoms with Gasteiger partial charge in [-0.1, -0.05) is 18.2 Å². The van der Waals surface area contributed by atoms with Gasteiger partial charge < -0.3 is 14.2 Å². The number of amides is 2. The number of fused-ring (bicyclic) bond motifs is 3. The Morgan fingerprint density at radius 1 is 1.00 bits per heavy atom. The van der Waals surface area contributed by atoms with Gasteiger partial charge in [-0.15, -0.1) is 0 Å². The molecule has 2 aliphatic carbocycles. The molecule has 2 bridgehead atoms. The fraction of sp³-hybridized carbons (Fsp3) is 0.385. The third-order valence-electron chi connectivity index (χ3n) is 7.14. The molecule has 0 radical (unpaired) electrons. The van der Waals surface area contributed by atoms with Gasteiger partial charge in [0.2, 0.25) is 0 Å². The predicted octanol–water partition coefficient (Wildman–Crippen LogP) is 3.34.